The summed E-state index contributed by atoms with van der Waals surface area (Å²) in [6.07, 6.45) is 15.5. The highest BCUT2D eigenvalue weighted by Gasteiger charge is 2.34. The summed E-state index contributed by atoms with van der Waals surface area (Å²) in [6.45, 7) is 34.8. The van der Waals surface area contributed by atoms with Crippen LogP contribution in [-0.4, -0.2) is 143 Å². The van der Waals surface area contributed by atoms with E-state index in [1.165, 1.54) is 35.4 Å². The van der Waals surface area contributed by atoms with Crippen LogP contribution in [0.25, 0.3) is 0 Å². The Morgan fingerprint density at radius 3 is 1.30 bits per heavy atom. The number of hydrogen-bond donors (Lipinski definition) is 14. The number of carbonyl (C=O) groups excluding carboxylic acids is 7. The Bertz CT molecular complexity index is 5670. The lowest BCUT2D eigenvalue weighted by Crippen LogP contribution is -2.49. The molecule has 14 N–H and O–H groups in total. The molecule has 0 bridgehead atoms. The van der Waals surface area contributed by atoms with Crippen molar-refractivity contribution >= 4 is 88.4 Å². The van der Waals surface area contributed by atoms with Gasteiger partial charge in [-0.25, -0.2) is 25.3 Å². The van der Waals surface area contributed by atoms with E-state index < -0.39 is 69.9 Å². The number of anilines is 1. The van der Waals surface area contributed by atoms with Crippen LogP contribution in [0.5, 0.6) is 0 Å². The Labute approximate surface area is 767 Å². The van der Waals surface area contributed by atoms with Crippen LogP contribution in [-0.2, 0) is 94.5 Å². The molecule has 3 aromatic heterocycles. The number of allylic oxidation sites excluding steroid dienone is 7. The third-order valence-electron chi connectivity index (χ3n) is 21.7. The van der Waals surface area contributed by atoms with Crippen LogP contribution < -0.4 is 72.7 Å². The highest BCUT2D eigenvalue weighted by atomic mass is 32.2. The number of benzene rings is 4. The maximum Gasteiger partial charge on any atom is 0.270 e. The van der Waals surface area contributed by atoms with E-state index in [2.05, 4.69) is 148 Å². The van der Waals surface area contributed by atoms with Crippen LogP contribution in [0.3, 0.4) is 0 Å². The number of Topliss-reactive ketones (excluding diaryl/α,β-unsaturated/α-hetero) is 1. The smallest absolute Gasteiger partial charge is 0.270 e. The van der Waals surface area contributed by atoms with E-state index in [4.69, 9.17) is 13.6 Å². The highest BCUT2D eigenvalue weighted by Crippen LogP contribution is 2.29. The minimum atomic E-state index is -4.01. The molecule has 37 nitrogen and oxygen atoms in total. The zero-order chi connectivity index (χ0) is 95.7. The van der Waals surface area contributed by atoms with Gasteiger partial charge in [0.25, 0.3) is 11.4 Å². The summed E-state index contributed by atoms with van der Waals surface area (Å²) < 4.78 is 96.2. The molecule has 706 valence electrons. The lowest BCUT2D eigenvalue weighted by atomic mass is 9.90. The maximum atomic E-state index is 12.3. The summed E-state index contributed by atoms with van der Waals surface area (Å²) in [5.41, 5.74) is 8.96. The molecule has 7 aliphatic heterocycles. The van der Waals surface area contributed by atoms with E-state index in [1.54, 1.807) is 30.7 Å². The Hall–Kier alpha value is -12.6. The number of ether oxygens (including phenoxy) is 1. The molecule has 132 heavy (non-hydrogen) atoms. The van der Waals surface area contributed by atoms with Crippen LogP contribution >= 0.6 is 0 Å². The van der Waals surface area contributed by atoms with Crippen molar-refractivity contribution < 1.29 is 82.2 Å². The number of carbonyl (C=O) groups is 7. The van der Waals surface area contributed by atoms with Crippen molar-refractivity contribution in [1.29, 1.82) is 0 Å². The lowest BCUT2D eigenvalue weighted by molar-refractivity contribution is -0.385. The number of aryl methyl sites for hydroxylation is 1. The minimum Gasteiger partial charge on any atom is -0.468 e. The van der Waals surface area contributed by atoms with Crippen molar-refractivity contribution in [2.75, 3.05) is 25.1 Å². The number of aromatic nitrogens is 1. The molecule has 1 saturated carbocycles. The van der Waals surface area contributed by atoms with Gasteiger partial charge in [0.05, 0.1) is 73.7 Å². The van der Waals surface area contributed by atoms with Gasteiger partial charge in [-0.2, -0.15) is 14.2 Å². The van der Waals surface area contributed by atoms with Crippen LogP contribution in [0.1, 0.15) is 156 Å². The number of piperidine rings is 6. The Morgan fingerprint density at radius 2 is 0.871 bits per heavy atom. The lowest BCUT2D eigenvalue weighted by Gasteiger charge is -2.24. The molecular formula is C92H115N17O20S3. The normalized spacial score (nSPS) is 20.6. The Kier molecular flexibility index (Phi) is 39.2. The standard InChI is InChI=1S/C19H25NO2.C14H19N3O3S.2C12H13N3O5S.C12H15N3O.C12H16N2O2.C11H14N2O2/c1-14-2-7-18(19(21)12-14)20-13-15-3-5-16(6-4-15)17-8-10-22-11-9-17;1-3-15-11-5-4-6-12(9-11)21(19,20)17-13-8-7-10(2)16-14(13)18;1-8-2-7-11(12(16)13-8)14-21(19,20)10-5-3-9(4-6-10)15(17)18;1-8-5-6-11(12(16)13-8)14-21(19,20)10-4-2-3-9(7-10)15(17)18;1-9-5-6-11(12(16)15-9)14-8-10-4-2-3-7-13-10;1-8-3-6-11(12(15)14-8)13-7-10-5-4-9(2)16-10;1-8-4-5-10(11(14)13-8)12-7-9-3-2-6-15-9/h3-6,17-18,20H,1-2,7-13H2;4-6,9,13,15,17H,2-3,7-8H2,1H3,(H,16,18);3-6,11,14H,1-2,7H2,(H,13,16);2-4,7,11,14H,1,5-6H2,(H,13,16);2-4,7,11,14H,1,5-6,8H2,(H,15,16);4-5,11,13H,1,3,6-7H2,2H3,(H,14,15);2-3,6,10,12H,1,4-5,7H2,(H,13,14). The molecule has 0 radical (unpaired) electrons. The quantitative estimate of drug-likeness (QED) is 0.0136. The summed E-state index contributed by atoms with van der Waals surface area (Å²) in [6, 6.07) is 34.8. The second-order valence-corrected chi connectivity index (χ2v) is 37.2. The number of pyridine rings is 1. The molecule has 7 aromatic rings. The van der Waals surface area contributed by atoms with Crippen molar-refractivity contribution in [2.45, 2.75) is 212 Å². The van der Waals surface area contributed by atoms with E-state index >= 15 is 0 Å². The molecule has 7 atom stereocenters. The van der Waals surface area contributed by atoms with Crippen LogP contribution in [0, 0.1) is 27.2 Å². The van der Waals surface area contributed by atoms with Gasteiger partial charge in [-0.3, -0.25) is 69.4 Å². The molecule has 40 heteroatoms. The van der Waals surface area contributed by atoms with E-state index in [9.17, 15) is 79.0 Å². The molecule has 8 fully saturated rings. The summed E-state index contributed by atoms with van der Waals surface area (Å²) >= 11 is 0. The second kappa shape index (κ2) is 50.1. The van der Waals surface area contributed by atoms with Crippen molar-refractivity contribution in [2.24, 2.45) is 0 Å². The first-order valence-electron chi connectivity index (χ1n) is 43.0. The van der Waals surface area contributed by atoms with Crippen LogP contribution in [0.4, 0.5) is 17.1 Å². The van der Waals surface area contributed by atoms with Gasteiger partial charge in [0.15, 0.2) is 5.78 Å². The van der Waals surface area contributed by atoms with E-state index in [1.807, 2.05) is 56.3 Å². The third kappa shape index (κ3) is 33.3. The van der Waals surface area contributed by atoms with Crippen molar-refractivity contribution in [3.63, 3.8) is 0 Å². The van der Waals surface area contributed by atoms with Gasteiger partial charge in [-0.05, 0) is 206 Å². The predicted octanol–water partition coefficient (Wildman–Crippen LogP) is 9.46. The molecule has 1 aliphatic carbocycles. The molecule has 0 spiro atoms. The van der Waals surface area contributed by atoms with E-state index in [0.29, 0.717) is 94.1 Å². The van der Waals surface area contributed by atoms with Gasteiger partial charge in [-0.15, -0.1) is 0 Å². The van der Waals surface area contributed by atoms with Gasteiger partial charge in [-0.1, -0.05) is 94.1 Å². The fourth-order valence-corrected chi connectivity index (χ4v) is 18.1. The fourth-order valence-electron chi connectivity index (χ4n) is 14.4. The Balaban J connectivity index is 0.000000174. The van der Waals surface area contributed by atoms with Gasteiger partial charge >= 0.3 is 0 Å². The molecule has 8 aliphatic rings. The average molecular weight is 1880 g/mol. The first-order chi connectivity index (χ1) is 62.9. The van der Waals surface area contributed by atoms with Crippen molar-refractivity contribution in [1.82, 2.24) is 72.3 Å². The van der Waals surface area contributed by atoms with Gasteiger partial charge in [0, 0.05) is 110 Å². The fraction of sp³-hybridized carbons (Fsp3) is 0.370. The number of ketones is 1. The molecule has 4 aromatic carbocycles. The van der Waals surface area contributed by atoms with E-state index in [-0.39, 0.29) is 79.6 Å². The third-order valence-corrected chi connectivity index (χ3v) is 26.1. The second-order valence-electron chi connectivity index (χ2n) is 32.1. The van der Waals surface area contributed by atoms with Gasteiger partial charge < -0.3 is 61.4 Å². The number of hydrogen-bond acceptors (Lipinski definition) is 26. The molecule has 7 unspecified atom stereocenters. The minimum absolute atomic E-state index is 0.000437. The zero-order valence-corrected chi connectivity index (χ0v) is 76.2. The van der Waals surface area contributed by atoms with Crippen molar-refractivity contribution in [3.05, 3.63) is 292 Å². The molecule has 15 rings (SSSR count). The molecule has 10 heterocycles. The summed E-state index contributed by atoms with van der Waals surface area (Å²) in [4.78, 5) is 106. The SMILES string of the molecule is C=C1CCC(NCc2ccc(C)o2)C(=O)N1.C=C1CCC(NCc2ccc(C3CCOCC3)cc2)C(=O)C1.C=C1CCC(NCc2ccccn2)C(=O)N1.C=C1CCC(NCc2ccco2)C(=O)N1.C=C1CCC(NS(=O)(=O)c2ccc([N+](=O)[O-])cc2)C(=O)N1.C=C1CCC(NS(=O)(=O)c2cccc(NCC)c2)C(=O)N1.C=C1CCC(NS(=O)(=O)c2cccc([N+](=O)[O-])c2)C(=O)N1. The number of nitro groups is 2. The number of amides is 6. The Morgan fingerprint density at radius 1 is 0.432 bits per heavy atom. The molecular weight excluding hydrogens is 1760 g/mol. The van der Waals surface area contributed by atoms with Gasteiger partial charge in [0.2, 0.25) is 65.5 Å². The monoisotopic (exact) mass is 1870 g/mol. The van der Waals surface area contributed by atoms with Crippen LogP contribution in [0.2, 0.25) is 0 Å². The number of rotatable bonds is 26. The van der Waals surface area contributed by atoms with Crippen molar-refractivity contribution in [3.8, 4) is 0 Å². The molecule has 7 saturated heterocycles. The number of furan rings is 2. The average Bonchev–Trinajstić information content (AvgIpc) is 0.830. The number of non-ortho nitro benzene ring substituents is 2. The van der Waals surface area contributed by atoms with E-state index in [0.717, 1.165) is 166 Å². The number of nitro benzene ring substituents is 2. The van der Waals surface area contributed by atoms with Gasteiger partial charge in [0.1, 0.15) is 35.4 Å². The number of nitrogens with zero attached hydrogens (tertiary/aromatic N) is 3. The zero-order valence-electron chi connectivity index (χ0n) is 73.7. The number of sulfonamides is 3. The summed E-state index contributed by atoms with van der Waals surface area (Å²) in [5, 5.41) is 52.9. The predicted molar refractivity (Wildman–Crippen MR) is 494 cm³/mol. The largest absolute Gasteiger partial charge is 0.468 e. The van der Waals surface area contributed by atoms with Crippen LogP contribution in [0.15, 0.2) is 261 Å². The summed E-state index contributed by atoms with van der Waals surface area (Å²) in [5.74, 6) is 2.20. The first-order valence-corrected chi connectivity index (χ1v) is 47.4. The molecule has 6 amide bonds. The summed E-state index contributed by atoms with van der Waals surface area (Å²) in [7, 11) is -11.7. The number of nitrogens with one attached hydrogen (secondary N) is 14. The highest BCUT2D eigenvalue weighted by molar-refractivity contribution is 7.90. The maximum absolute atomic E-state index is 12.3. The topological polar surface area (TPSA) is 525 Å². The first kappa shape index (κ1) is 103.